The van der Waals surface area contributed by atoms with Crippen LogP contribution in [0.25, 0.3) is 0 Å². The maximum Gasteiger partial charge on any atom is 0.159 e. The first-order valence-corrected chi connectivity index (χ1v) is 6.57. The zero-order valence-electron chi connectivity index (χ0n) is 10.4. The van der Waals surface area contributed by atoms with Crippen molar-refractivity contribution in [2.45, 2.75) is 18.7 Å². The molecule has 0 radical (unpaired) electrons. The average molecular weight is 263 g/mol. The molecule has 0 fully saturated rings. The number of nitrogens with one attached hydrogen (secondary N) is 1. The van der Waals surface area contributed by atoms with E-state index in [9.17, 15) is 5.11 Å². The summed E-state index contributed by atoms with van der Waals surface area (Å²) in [5.41, 5.74) is 0.740. The minimum atomic E-state index is -0.126. The Morgan fingerprint density at radius 2 is 1.56 bits per heavy atom. The largest absolute Gasteiger partial charge is 0.504 e. The lowest BCUT2D eigenvalue weighted by Crippen LogP contribution is -1.85. The predicted octanol–water partition coefficient (Wildman–Crippen LogP) is 4.24. The van der Waals surface area contributed by atoms with Gasteiger partial charge < -0.3 is 14.9 Å². The first-order chi connectivity index (χ1) is 8.75. The van der Waals surface area contributed by atoms with E-state index in [1.807, 2.05) is 44.2 Å². The number of rotatable bonds is 3. The summed E-state index contributed by atoms with van der Waals surface area (Å²) < 4.78 is 3.07. The SMILES string of the molecule is CC.Oc1ccc(NSc2ccccc2)cc1O. The molecule has 0 heterocycles. The fraction of sp³-hybridized carbons (Fsp3) is 0.143. The molecule has 0 aliphatic rings. The highest BCUT2D eigenvalue weighted by atomic mass is 32.2. The van der Waals surface area contributed by atoms with Crippen molar-refractivity contribution in [3.8, 4) is 11.5 Å². The highest BCUT2D eigenvalue weighted by Crippen LogP contribution is 2.29. The molecule has 0 aliphatic carbocycles. The Balaban J connectivity index is 0.000000771. The lowest BCUT2D eigenvalue weighted by molar-refractivity contribution is 0.404. The van der Waals surface area contributed by atoms with Gasteiger partial charge in [-0.25, -0.2) is 0 Å². The highest BCUT2D eigenvalue weighted by Gasteiger charge is 2.00. The van der Waals surface area contributed by atoms with Crippen LogP contribution in [0, 0.1) is 0 Å². The standard InChI is InChI=1S/C12H11NO2S.C2H6/c14-11-7-6-9(8-12(11)15)13-16-10-4-2-1-3-5-10;1-2/h1-8,13-15H;1-2H3. The van der Waals surface area contributed by atoms with Crippen LogP contribution in [-0.2, 0) is 0 Å². The average Bonchev–Trinajstić information content (AvgIpc) is 2.44. The Hall–Kier alpha value is -1.81. The van der Waals surface area contributed by atoms with Gasteiger partial charge in [-0.2, -0.15) is 0 Å². The van der Waals surface area contributed by atoms with E-state index in [1.165, 1.54) is 24.1 Å². The number of phenolic OH excluding ortho intramolecular Hbond substituents is 2. The van der Waals surface area contributed by atoms with E-state index in [0.29, 0.717) is 0 Å². The van der Waals surface area contributed by atoms with Gasteiger partial charge in [0, 0.05) is 16.6 Å². The van der Waals surface area contributed by atoms with Crippen molar-refractivity contribution in [1.82, 2.24) is 0 Å². The fourth-order valence-corrected chi connectivity index (χ4v) is 1.85. The number of anilines is 1. The number of aromatic hydroxyl groups is 2. The zero-order chi connectivity index (χ0) is 13.4. The van der Waals surface area contributed by atoms with Gasteiger partial charge in [-0.3, -0.25) is 0 Å². The molecule has 0 saturated heterocycles. The van der Waals surface area contributed by atoms with Crippen LogP contribution in [0.4, 0.5) is 5.69 Å². The third-order valence-corrected chi connectivity index (χ3v) is 2.85. The van der Waals surface area contributed by atoms with Crippen molar-refractivity contribution in [3.63, 3.8) is 0 Å². The number of benzene rings is 2. The van der Waals surface area contributed by atoms with Gasteiger partial charge in [0.05, 0.1) is 0 Å². The smallest absolute Gasteiger partial charge is 0.159 e. The number of phenols is 2. The van der Waals surface area contributed by atoms with Crippen LogP contribution in [0.1, 0.15) is 13.8 Å². The molecule has 0 spiro atoms. The summed E-state index contributed by atoms with van der Waals surface area (Å²) in [5, 5.41) is 18.4. The van der Waals surface area contributed by atoms with Crippen molar-refractivity contribution in [1.29, 1.82) is 0 Å². The van der Waals surface area contributed by atoms with E-state index in [4.69, 9.17) is 5.11 Å². The van der Waals surface area contributed by atoms with E-state index < -0.39 is 0 Å². The second-order valence-corrected chi connectivity index (χ2v) is 4.10. The second-order valence-electron chi connectivity index (χ2n) is 3.22. The molecular formula is C14H17NO2S. The van der Waals surface area contributed by atoms with Crippen LogP contribution in [-0.4, -0.2) is 10.2 Å². The maximum atomic E-state index is 9.30. The molecule has 0 unspecified atom stereocenters. The molecule has 18 heavy (non-hydrogen) atoms. The van der Waals surface area contributed by atoms with Gasteiger partial charge in [-0.05, 0) is 36.2 Å². The highest BCUT2D eigenvalue weighted by molar-refractivity contribution is 8.00. The van der Waals surface area contributed by atoms with Crippen molar-refractivity contribution in [2.24, 2.45) is 0 Å². The van der Waals surface area contributed by atoms with Crippen LogP contribution in [0.5, 0.6) is 11.5 Å². The molecule has 0 bridgehead atoms. The Morgan fingerprint density at radius 1 is 0.889 bits per heavy atom. The molecule has 96 valence electrons. The monoisotopic (exact) mass is 263 g/mol. The fourth-order valence-electron chi connectivity index (χ4n) is 1.19. The molecule has 0 aromatic heterocycles. The van der Waals surface area contributed by atoms with Crippen molar-refractivity contribution >= 4 is 17.6 Å². The van der Waals surface area contributed by atoms with Gasteiger partial charge >= 0.3 is 0 Å². The molecule has 2 aromatic carbocycles. The molecule has 0 amide bonds. The first kappa shape index (κ1) is 14.3. The third kappa shape index (κ3) is 4.22. The van der Waals surface area contributed by atoms with Crippen LogP contribution in [0.3, 0.4) is 0 Å². The van der Waals surface area contributed by atoms with Gasteiger partial charge in [0.1, 0.15) is 0 Å². The minimum Gasteiger partial charge on any atom is -0.504 e. The molecule has 0 saturated carbocycles. The van der Waals surface area contributed by atoms with Gasteiger partial charge in [0.15, 0.2) is 11.5 Å². The van der Waals surface area contributed by atoms with Gasteiger partial charge in [-0.1, -0.05) is 32.0 Å². The molecule has 3 N–H and O–H groups in total. The summed E-state index contributed by atoms with van der Waals surface area (Å²) in [4.78, 5) is 1.08. The predicted molar refractivity (Wildman–Crippen MR) is 77.0 cm³/mol. The number of hydrogen-bond donors (Lipinski definition) is 3. The molecular weight excluding hydrogens is 246 g/mol. The van der Waals surface area contributed by atoms with E-state index >= 15 is 0 Å². The van der Waals surface area contributed by atoms with Gasteiger partial charge in [0.2, 0.25) is 0 Å². The second kappa shape index (κ2) is 7.50. The lowest BCUT2D eigenvalue weighted by atomic mass is 10.3. The molecule has 3 nitrogen and oxygen atoms in total. The van der Waals surface area contributed by atoms with E-state index in [1.54, 1.807) is 6.07 Å². The Labute approximate surface area is 112 Å². The van der Waals surface area contributed by atoms with Crippen LogP contribution < -0.4 is 4.72 Å². The summed E-state index contributed by atoms with van der Waals surface area (Å²) in [6.07, 6.45) is 0. The van der Waals surface area contributed by atoms with E-state index in [2.05, 4.69) is 4.72 Å². The molecule has 0 atom stereocenters. The van der Waals surface area contributed by atoms with E-state index in [0.717, 1.165) is 10.6 Å². The summed E-state index contributed by atoms with van der Waals surface area (Å²) in [6, 6.07) is 14.5. The molecule has 4 heteroatoms. The molecule has 2 aromatic rings. The zero-order valence-corrected chi connectivity index (χ0v) is 11.2. The Morgan fingerprint density at radius 3 is 2.17 bits per heavy atom. The Bertz CT molecular complexity index is 474. The quantitative estimate of drug-likeness (QED) is 0.440. The van der Waals surface area contributed by atoms with Crippen LogP contribution in [0.2, 0.25) is 0 Å². The van der Waals surface area contributed by atoms with Crippen molar-refractivity contribution < 1.29 is 10.2 Å². The van der Waals surface area contributed by atoms with Crippen LogP contribution in [0.15, 0.2) is 53.4 Å². The lowest BCUT2D eigenvalue weighted by Gasteiger charge is -2.06. The van der Waals surface area contributed by atoms with Crippen molar-refractivity contribution in [3.05, 3.63) is 48.5 Å². The number of hydrogen-bond acceptors (Lipinski definition) is 4. The van der Waals surface area contributed by atoms with E-state index in [-0.39, 0.29) is 11.5 Å². The van der Waals surface area contributed by atoms with Crippen LogP contribution >= 0.6 is 11.9 Å². The Kier molecular flexibility index (Phi) is 5.94. The minimum absolute atomic E-state index is 0.115. The molecule has 0 aliphatic heterocycles. The summed E-state index contributed by atoms with van der Waals surface area (Å²) in [7, 11) is 0. The molecule has 2 rings (SSSR count). The topological polar surface area (TPSA) is 52.5 Å². The van der Waals surface area contributed by atoms with Gasteiger partial charge in [0.25, 0.3) is 0 Å². The third-order valence-electron chi connectivity index (χ3n) is 2.01. The summed E-state index contributed by atoms with van der Waals surface area (Å²) >= 11 is 1.45. The van der Waals surface area contributed by atoms with Gasteiger partial charge in [-0.15, -0.1) is 0 Å². The maximum absolute atomic E-state index is 9.30. The first-order valence-electron chi connectivity index (χ1n) is 5.75. The normalized spacial score (nSPS) is 9.22. The summed E-state index contributed by atoms with van der Waals surface area (Å²) in [5.74, 6) is -0.242. The summed E-state index contributed by atoms with van der Waals surface area (Å²) in [6.45, 7) is 4.00. The van der Waals surface area contributed by atoms with Crippen molar-refractivity contribution in [2.75, 3.05) is 4.72 Å².